The Morgan fingerprint density at radius 1 is 1.18 bits per heavy atom. The Morgan fingerprint density at radius 2 is 1.91 bits per heavy atom. The standard InChI is InChI=1S/C15H15Br2NO3S/c1-20-11-4-3-9(7-12(11)21-2)5-6-18-15(19)13-8-10(16)14(17)22-13/h3-4,7-8H,5-6H2,1-2H3,(H,18,19). The summed E-state index contributed by atoms with van der Waals surface area (Å²) in [7, 11) is 3.21. The summed E-state index contributed by atoms with van der Waals surface area (Å²) in [6, 6.07) is 7.55. The third-order valence-electron chi connectivity index (χ3n) is 3.02. The fourth-order valence-corrected chi connectivity index (χ4v) is 3.85. The van der Waals surface area contributed by atoms with Crippen LogP contribution in [0.15, 0.2) is 32.5 Å². The van der Waals surface area contributed by atoms with Crippen LogP contribution in [-0.4, -0.2) is 26.7 Å². The minimum absolute atomic E-state index is 0.0723. The average Bonchev–Trinajstić information content (AvgIpc) is 2.86. The smallest absolute Gasteiger partial charge is 0.261 e. The van der Waals surface area contributed by atoms with Gasteiger partial charge >= 0.3 is 0 Å². The number of halogens is 2. The van der Waals surface area contributed by atoms with Crippen LogP contribution in [0.25, 0.3) is 0 Å². The zero-order valence-corrected chi connectivity index (χ0v) is 16.1. The Bertz CT molecular complexity index is 653. The van der Waals surface area contributed by atoms with Crippen LogP contribution in [0.1, 0.15) is 15.2 Å². The first-order valence-corrected chi connectivity index (χ1v) is 8.89. The van der Waals surface area contributed by atoms with Gasteiger partial charge in [0.05, 0.1) is 22.9 Å². The van der Waals surface area contributed by atoms with E-state index in [1.54, 1.807) is 20.3 Å². The van der Waals surface area contributed by atoms with Crippen molar-refractivity contribution in [1.29, 1.82) is 0 Å². The van der Waals surface area contributed by atoms with Crippen LogP contribution in [0.3, 0.4) is 0 Å². The van der Waals surface area contributed by atoms with E-state index < -0.39 is 0 Å². The molecule has 0 spiro atoms. The minimum atomic E-state index is -0.0723. The summed E-state index contributed by atoms with van der Waals surface area (Å²) in [5.74, 6) is 1.32. The van der Waals surface area contributed by atoms with Gasteiger partial charge in [0.25, 0.3) is 5.91 Å². The number of nitrogens with one attached hydrogen (secondary N) is 1. The van der Waals surface area contributed by atoms with Gasteiger partial charge in [-0.1, -0.05) is 6.07 Å². The van der Waals surface area contributed by atoms with Gasteiger partial charge in [-0.25, -0.2) is 0 Å². The van der Waals surface area contributed by atoms with Crippen molar-refractivity contribution in [3.05, 3.63) is 43.0 Å². The van der Waals surface area contributed by atoms with Gasteiger partial charge in [-0.3, -0.25) is 4.79 Å². The van der Waals surface area contributed by atoms with E-state index in [0.717, 1.165) is 20.2 Å². The molecule has 0 atom stereocenters. The number of thiophene rings is 1. The summed E-state index contributed by atoms with van der Waals surface area (Å²) in [6.45, 7) is 0.557. The highest BCUT2D eigenvalue weighted by molar-refractivity contribution is 9.13. The van der Waals surface area contributed by atoms with Crippen molar-refractivity contribution < 1.29 is 14.3 Å². The highest BCUT2D eigenvalue weighted by atomic mass is 79.9. The van der Waals surface area contributed by atoms with E-state index in [1.165, 1.54) is 11.3 Å². The molecule has 1 aromatic heterocycles. The molecule has 0 saturated heterocycles. The van der Waals surface area contributed by atoms with Crippen LogP contribution in [-0.2, 0) is 6.42 Å². The highest BCUT2D eigenvalue weighted by Gasteiger charge is 2.11. The first-order chi connectivity index (χ1) is 10.5. The third-order valence-corrected chi connectivity index (χ3v) is 6.27. The van der Waals surface area contributed by atoms with E-state index in [4.69, 9.17) is 9.47 Å². The van der Waals surface area contributed by atoms with Gasteiger partial charge in [0.1, 0.15) is 0 Å². The summed E-state index contributed by atoms with van der Waals surface area (Å²) in [4.78, 5) is 12.7. The summed E-state index contributed by atoms with van der Waals surface area (Å²) >= 11 is 8.16. The van der Waals surface area contributed by atoms with Gasteiger partial charge in [-0.15, -0.1) is 11.3 Å². The molecule has 0 aliphatic rings. The van der Waals surface area contributed by atoms with Crippen LogP contribution in [0, 0.1) is 0 Å². The van der Waals surface area contributed by atoms with Crippen LogP contribution in [0.5, 0.6) is 11.5 Å². The highest BCUT2D eigenvalue weighted by Crippen LogP contribution is 2.32. The van der Waals surface area contributed by atoms with E-state index in [0.29, 0.717) is 22.9 Å². The molecule has 0 bridgehead atoms. The SMILES string of the molecule is COc1ccc(CCNC(=O)c2cc(Br)c(Br)s2)cc1OC. The van der Waals surface area contributed by atoms with Gasteiger partial charge in [-0.05, 0) is 62.0 Å². The van der Waals surface area contributed by atoms with Gasteiger partial charge < -0.3 is 14.8 Å². The maximum Gasteiger partial charge on any atom is 0.261 e. The van der Waals surface area contributed by atoms with E-state index in [2.05, 4.69) is 37.2 Å². The van der Waals surface area contributed by atoms with Crippen LogP contribution < -0.4 is 14.8 Å². The van der Waals surface area contributed by atoms with Crippen molar-refractivity contribution in [3.63, 3.8) is 0 Å². The Labute approximate surface area is 150 Å². The van der Waals surface area contributed by atoms with Crippen molar-refractivity contribution in [1.82, 2.24) is 5.32 Å². The topological polar surface area (TPSA) is 47.6 Å². The molecule has 2 rings (SSSR count). The zero-order chi connectivity index (χ0) is 16.1. The van der Waals surface area contributed by atoms with Crippen LogP contribution in [0.4, 0.5) is 0 Å². The largest absolute Gasteiger partial charge is 0.493 e. The first kappa shape index (κ1) is 17.3. The molecule has 1 heterocycles. The van der Waals surface area contributed by atoms with Crippen molar-refractivity contribution in [3.8, 4) is 11.5 Å². The second-order valence-corrected chi connectivity index (χ2v) is 7.65. The lowest BCUT2D eigenvalue weighted by Gasteiger charge is -2.10. The fraction of sp³-hybridized carbons (Fsp3) is 0.267. The maximum absolute atomic E-state index is 12.0. The molecule has 22 heavy (non-hydrogen) atoms. The normalized spacial score (nSPS) is 10.4. The second kappa shape index (κ2) is 7.99. The number of methoxy groups -OCH3 is 2. The van der Waals surface area contributed by atoms with Crippen molar-refractivity contribution in [2.24, 2.45) is 0 Å². The Hall–Kier alpha value is -1.05. The summed E-state index contributed by atoms with van der Waals surface area (Å²) in [6.07, 6.45) is 0.722. The Kier molecular flexibility index (Phi) is 6.28. The molecule has 0 aliphatic heterocycles. The summed E-state index contributed by atoms with van der Waals surface area (Å²) in [5.41, 5.74) is 1.08. The van der Waals surface area contributed by atoms with Crippen LogP contribution in [0.2, 0.25) is 0 Å². The number of hydrogen-bond donors (Lipinski definition) is 1. The zero-order valence-electron chi connectivity index (χ0n) is 12.1. The first-order valence-electron chi connectivity index (χ1n) is 6.49. The molecule has 4 nitrogen and oxygen atoms in total. The number of hydrogen-bond acceptors (Lipinski definition) is 4. The van der Waals surface area contributed by atoms with Crippen molar-refractivity contribution >= 4 is 49.1 Å². The monoisotopic (exact) mass is 447 g/mol. The second-order valence-electron chi connectivity index (χ2n) is 4.43. The van der Waals surface area contributed by atoms with Crippen molar-refractivity contribution in [2.45, 2.75) is 6.42 Å². The quantitative estimate of drug-likeness (QED) is 0.717. The van der Waals surface area contributed by atoms with E-state index in [-0.39, 0.29) is 5.91 Å². The lowest BCUT2D eigenvalue weighted by Crippen LogP contribution is -2.24. The predicted octanol–water partition coefficient (Wildman–Crippen LogP) is 4.26. The molecule has 0 saturated carbocycles. The molecule has 0 radical (unpaired) electrons. The average molecular weight is 449 g/mol. The number of ether oxygens (including phenoxy) is 2. The number of carbonyl (C=O) groups excluding carboxylic acids is 1. The molecule has 2 aromatic rings. The van der Waals surface area contributed by atoms with Crippen molar-refractivity contribution in [2.75, 3.05) is 20.8 Å². The predicted molar refractivity (Wildman–Crippen MR) is 95.3 cm³/mol. The Morgan fingerprint density at radius 3 is 2.50 bits per heavy atom. The lowest BCUT2D eigenvalue weighted by atomic mass is 10.1. The molecule has 0 aliphatic carbocycles. The molecule has 0 fully saturated rings. The van der Waals surface area contributed by atoms with E-state index >= 15 is 0 Å². The minimum Gasteiger partial charge on any atom is -0.493 e. The molecule has 1 aromatic carbocycles. The number of amides is 1. The number of rotatable bonds is 6. The lowest BCUT2D eigenvalue weighted by molar-refractivity contribution is 0.0958. The molecule has 1 N–H and O–H groups in total. The molecule has 1 amide bonds. The van der Waals surface area contributed by atoms with Gasteiger partial charge in [0.15, 0.2) is 11.5 Å². The molecule has 7 heteroatoms. The van der Waals surface area contributed by atoms with Crippen LogP contribution >= 0.6 is 43.2 Å². The molecule has 0 unspecified atom stereocenters. The fourth-order valence-electron chi connectivity index (χ4n) is 1.90. The summed E-state index contributed by atoms with van der Waals surface area (Å²) < 4.78 is 12.3. The number of carbonyl (C=O) groups is 1. The van der Waals surface area contributed by atoms with Gasteiger partial charge in [0.2, 0.25) is 0 Å². The van der Waals surface area contributed by atoms with Gasteiger partial charge in [0, 0.05) is 11.0 Å². The van der Waals surface area contributed by atoms with Gasteiger partial charge in [-0.2, -0.15) is 0 Å². The molecule has 118 valence electrons. The molecular weight excluding hydrogens is 434 g/mol. The van der Waals surface area contributed by atoms with E-state index in [1.807, 2.05) is 18.2 Å². The number of benzene rings is 1. The van der Waals surface area contributed by atoms with E-state index in [9.17, 15) is 4.79 Å². The maximum atomic E-state index is 12.0. The summed E-state index contributed by atoms with van der Waals surface area (Å²) in [5, 5.41) is 2.91. The Balaban J connectivity index is 1.92. The molecular formula is C15H15Br2NO3S. The third kappa shape index (κ3) is 4.24.